The minimum Gasteiger partial charge on any atom is -0.423 e. The number of hydrazine groups is 1. The second kappa shape index (κ2) is 11.7. The number of hydrogen-bond donors (Lipinski definition) is 0. The van der Waals surface area contributed by atoms with Gasteiger partial charge in [0.05, 0.1) is 22.3 Å². The number of carbonyl (C=O) groups is 5. The number of carbonyl (C=O) groups excluding carboxylic acids is 5. The van der Waals surface area contributed by atoms with Gasteiger partial charge in [-0.05, 0) is 66.8 Å². The first kappa shape index (κ1) is 29.8. The van der Waals surface area contributed by atoms with Crippen LogP contribution in [0.25, 0.3) is 0 Å². The number of hydrogen-bond acceptors (Lipinski definition) is 8. The minimum absolute atomic E-state index is 0.0274. The van der Waals surface area contributed by atoms with E-state index in [1.165, 1.54) is 36.4 Å². The van der Waals surface area contributed by atoms with Crippen molar-refractivity contribution >= 4 is 67.0 Å². The number of nitro benzene ring substituents is 1. The van der Waals surface area contributed by atoms with Crippen molar-refractivity contribution in [1.29, 1.82) is 0 Å². The van der Waals surface area contributed by atoms with Crippen LogP contribution in [0.15, 0.2) is 78.9 Å². The van der Waals surface area contributed by atoms with Crippen LogP contribution < -0.4 is 4.74 Å². The van der Waals surface area contributed by atoms with Crippen LogP contribution in [0.1, 0.15) is 37.5 Å². The predicted octanol–water partition coefficient (Wildman–Crippen LogP) is 4.83. The van der Waals surface area contributed by atoms with Crippen molar-refractivity contribution < 1.29 is 33.6 Å². The molecule has 3 fully saturated rings. The van der Waals surface area contributed by atoms with Crippen LogP contribution >= 0.6 is 31.9 Å². The maximum Gasteiger partial charge on any atom is 0.343 e. The Morgan fingerprint density at radius 3 is 1.91 bits per heavy atom. The molecule has 0 radical (unpaired) electrons. The highest BCUT2D eigenvalue weighted by Crippen LogP contribution is 2.60. The molecule has 0 unspecified atom stereocenters. The van der Waals surface area contributed by atoms with Gasteiger partial charge in [0.1, 0.15) is 12.3 Å². The Morgan fingerprint density at radius 2 is 1.36 bits per heavy atom. The highest BCUT2D eigenvalue weighted by Gasteiger charge is 2.67. The van der Waals surface area contributed by atoms with Crippen molar-refractivity contribution in [3.05, 3.63) is 106 Å². The van der Waals surface area contributed by atoms with Gasteiger partial charge >= 0.3 is 5.97 Å². The molecule has 13 heteroatoms. The van der Waals surface area contributed by atoms with Crippen LogP contribution in [-0.4, -0.2) is 60.6 Å². The molecule has 1 heterocycles. The van der Waals surface area contributed by atoms with Gasteiger partial charge in [0.15, 0.2) is 5.78 Å². The van der Waals surface area contributed by atoms with Crippen molar-refractivity contribution in [2.45, 2.75) is 16.1 Å². The molecule has 224 valence electrons. The molecule has 0 N–H and O–H groups in total. The zero-order chi connectivity index (χ0) is 31.3. The molecule has 6 rings (SSSR count). The molecule has 1 aliphatic heterocycles. The van der Waals surface area contributed by atoms with E-state index in [4.69, 9.17) is 4.74 Å². The van der Waals surface area contributed by atoms with E-state index in [1.54, 1.807) is 30.3 Å². The number of imide groups is 1. The van der Waals surface area contributed by atoms with Gasteiger partial charge in [0, 0.05) is 32.9 Å². The van der Waals surface area contributed by atoms with Crippen LogP contribution in [-0.2, 0) is 9.59 Å². The zero-order valence-corrected chi connectivity index (χ0v) is 25.9. The molecule has 44 heavy (non-hydrogen) atoms. The first-order valence-corrected chi connectivity index (χ1v) is 15.5. The second-order valence-corrected chi connectivity index (χ2v) is 13.0. The number of ketones is 1. The largest absolute Gasteiger partial charge is 0.423 e. The van der Waals surface area contributed by atoms with Crippen molar-refractivity contribution in [2.75, 3.05) is 6.54 Å². The monoisotopic (exact) mass is 723 g/mol. The quantitative estimate of drug-likeness (QED) is 0.0611. The van der Waals surface area contributed by atoms with Gasteiger partial charge in [-0.2, -0.15) is 5.01 Å². The number of fused-ring (bicyclic) bond motifs is 5. The van der Waals surface area contributed by atoms with Crippen LogP contribution in [0.2, 0.25) is 0 Å². The molecule has 3 amide bonds. The number of alkyl halides is 2. The van der Waals surface area contributed by atoms with Gasteiger partial charge in [-0.25, -0.2) is 9.80 Å². The van der Waals surface area contributed by atoms with E-state index in [1.807, 2.05) is 0 Å². The lowest BCUT2D eigenvalue weighted by atomic mass is 9.81. The van der Waals surface area contributed by atoms with Crippen LogP contribution in [0.3, 0.4) is 0 Å². The molecule has 2 bridgehead atoms. The number of amides is 3. The summed E-state index contributed by atoms with van der Waals surface area (Å²) in [5.41, 5.74) is 0.211. The topological polar surface area (TPSA) is 144 Å². The van der Waals surface area contributed by atoms with Crippen LogP contribution in [0, 0.1) is 33.8 Å². The van der Waals surface area contributed by atoms with Crippen LogP contribution in [0.4, 0.5) is 5.69 Å². The Labute approximate surface area is 267 Å². The molecule has 6 atom stereocenters. The third-order valence-electron chi connectivity index (χ3n) is 8.45. The summed E-state index contributed by atoms with van der Waals surface area (Å²) < 4.78 is 5.37. The smallest absolute Gasteiger partial charge is 0.343 e. The fourth-order valence-corrected chi connectivity index (χ4v) is 8.23. The zero-order valence-electron chi connectivity index (χ0n) is 22.7. The summed E-state index contributed by atoms with van der Waals surface area (Å²) in [6, 6.07) is 18.8. The van der Waals surface area contributed by atoms with E-state index in [-0.39, 0.29) is 44.1 Å². The lowest BCUT2D eigenvalue weighted by molar-refractivity contribution is -0.384. The Bertz CT molecular complexity index is 1650. The van der Waals surface area contributed by atoms with Crippen LogP contribution in [0.5, 0.6) is 5.75 Å². The third-order valence-corrected chi connectivity index (χ3v) is 11.7. The van der Waals surface area contributed by atoms with E-state index in [2.05, 4.69) is 31.9 Å². The Balaban J connectivity index is 1.26. The van der Waals surface area contributed by atoms with E-state index in [0.29, 0.717) is 12.0 Å². The first-order valence-electron chi connectivity index (χ1n) is 13.7. The van der Waals surface area contributed by atoms with Crippen molar-refractivity contribution in [3.63, 3.8) is 0 Å². The summed E-state index contributed by atoms with van der Waals surface area (Å²) in [7, 11) is 0. The number of ether oxygens (including phenoxy) is 1. The lowest BCUT2D eigenvalue weighted by Gasteiger charge is -2.30. The van der Waals surface area contributed by atoms with Gasteiger partial charge in [-0.1, -0.05) is 50.1 Å². The second-order valence-electron chi connectivity index (χ2n) is 10.9. The van der Waals surface area contributed by atoms with Gasteiger partial charge in [-0.3, -0.25) is 29.3 Å². The molecular formula is C31H23Br2N3O8. The number of nitro groups is 1. The van der Waals surface area contributed by atoms with Crippen molar-refractivity contribution in [1.82, 2.24) is 10.0 Å². The summed E-state index contributed by atoms with van der Waals surface area (Å²) in [5, 5.41) is 12.8. The molecular weight excluding hydrogens is 702 g/mol. The molecule has 0 spiro atoms. The molecule has 3 aromatic rings. The minimum atomic E-state index is -0.832. The molecule has 3 aliphatic rings. The fourth-order valence-electron chi connectivity index (χ4n) is 6.36. The standard InChI is InChI=1S/C31H23Br2N3O8/c32-26-21-14-22(27(26)33)25-24(21)29(39)35(30(25)40)34(28(38)17-6-10-19(11-7-17)36(42)43)15-23(37)16-8-12-20(13-9-16)44-31(41)18-4-2-1-3-5-18/h1-13,21-22,24-27H,14-15H2/t21-,22-,24-,25+,26+,27+/m1/s1. The van der Waals surface area contributed by atoms with E-state index < -0.39 is 52.8 Å². The van der Waals surface area contributed by atoms with E-state index in [0.717, 1.165) is 22.2 Å². The number of Topliss-reactive ketones (excluding diaryl/α,β-unsaturated/α-hetero) is 1. The highest BCUT2D eigenvalue weighted by molar-refractivity contribution is 9.12. The van der Waals surface area contributed by atoms with Crippen molar-refractivity contribution in [3.8, 4) is 5.75 Å². The number of non-ortho nitro benzene ring substituents is 1. The Kier molecular flexibility index (Phi) is 7.93. The Hall–Kier alpha value is -4.23. The van der Waals surface area contributed by atoms with Gasteiger partial charge in [0.25, 0.3) is 23.4 Å². The molecule has 1 saturated heterocycles. The summed E-state index contributed by atoms with van der Waals surface area (Å²) in [6.45, 7) is -0.652. The lowest BCUT2D eigenvalue weighted by Crippen LogP contribution is -2.52. The highest BCUT2D eigenvalue weighted by atomic mass is 79.9. The first-order chi connectivity index (χ1) is 21.1. The van der Waals surface area contributed by atoms with Gasteiger partial charge in [0.2, 0.25) is 0 Å². The van der Waals surface area contributed by atoms with Crippen molar-refractivity contribution in [2.24, 2.45) is 23.7 Å². The maximum absolute atomic E-state index is 13.8. The van der Waals surface area contributed by atoms with Gasteiger partial charge in [-0.15, -0.1) is 0 Å². The number of esters is 1. The molecule has 2 aliphatic carbocycles. The summed E-state index contributed by atoms with van der Waals surface area (Å²) in [6.07, 6.45) is 0.683. The summed E-state index contributed by atoms with van der Waals surface area (Å²) in [5.74, 6) is -4.41. The SMILES string of the molecule is O=C(CN(C(=O)c1ccc([N+](=O)[O-])cc1)N1C(=O)[C@@H]2[C@H]3C[C@@H]([C@H](Br)[C@H]3Br)[C@@H]2C1=O)c1ccc(OC(=O)c2ccccc2)cc1. The third kappa shape index (κ3) is 5.13. The maximum atomic E-state index is 13.8. The average molecular weight is 725 g/mol. The number of benzene rings is 3. The Morgan fingerprint density at radius 1 is 0.818 bits per heavy atom. The summed E-state index contributed by atoms with van der Waals surface area (Å²) >= 11 is 7.28. The fraction of sp³-hybridized carbons (Fsp3) is 0.258. The predicted molar refractivity (Wildman–Crippen MR) is 162 cm³/mol. The number of nitrogens with zero attached hydrogens (tertiary/aromatic N) is 3. The summed E-state index contributed by atoms with van der Waals surface area (Å²) in [4.78, 5) is 77.7. The molecule has 3 aromatic carbocycles. The molecule has 0 aromatic heterocycles. The molecule has 2 saturated carbocycles. The number of halogens is 2. The van der Waals surface area contributed by atoms with E-state index in [9.17, 15) is 34.1 Å². The van der Waals surface area contributed by atoms with Gasteiger partial charge < -0.3 is 4.74 Å². The average Bonchev–Trinajstić information content (AvgIpc) is 3.65. The normalized spacial score (nSPS) is 25.1. The van der Waals surface area contributed by atoms with E-state index >= 15 is 0 Å². The molecule has 11 nitrogen and oxygen atoms in total. The number of rotatable bonds is 8.